The van der Waals surface area contributed by atoms with Gasteiger partial charge in [0.05, 0.1) is 12.7 Å². The molecule has 1 unspecified atom stereocenters. The molecule has 0 saturated carbocycles. The zero-order valence-electron chi connectivity index (χ0n) is 13.3. The molecular formula is C16H22N4O2. The van der Waals surface area contributed by atoms with Crippen molar-refractivity contribution in [3.63, 3.8) is 0 Å². The third-order valence-corrected chi connectivity index (χ3v) is 4.41. The van der Waals surface area contributed by atoms with E-state index >= 15 is 0 Å². The van der Waals surface area contributed by atoms with Crippen LogP contribution in [0.3, 0.4) is 0 Å². The van der Waals surface area contributed by atoms with Gasteiger partial charge in [-0.2, -0.15) is 0 Å². The first-order chi connectivity index (χ1) is 10.6. The minimum absolute atomic E-state index is 0.353. The Kier molecular flexibility index (Phi) is 4.11. The average Bonchev–Trinajstić information content (AvgIpc) is 3.13. The van der Waals surface area contributed by atoms with Crippen LogP contribution in [0.15, 0.2) is 18.3 Å². The summed E-state index contributed by atoms with van der Waals surface area (Å²) in [5.74, 6) is 0.595. The van der Waals surface area contributed by atoms with Gasteiger partial charge in [-0.25, -0.2) is 4.79 Å². The molecule has 0 radical (unpaired) electrons. The molecule has 0 amide bonds. The van der Waals surface area contributed by atoms with E-state index < -0.39 is 0 Å². The van der Waals surface area contributed by atoms with Crippen LogP contribution < -0.4 is 0 Å². The van der Waals surface area contributed by atoms with Gasteiger partial charge in [-0.05, 0) is 45.4 Å². The van der Waals surface area contributed by atoms with Crippen molar-refractivity contribution in [2.75, 3.05) is 13.7 Å². The van der Waals surface area contributed by atoms with Gasteiger partial charge in [-0.15, -0.1) is 10.2 Å². The summed E-state index contributed by atoms with van der Waals surface area (Å²) in [4.78, 5) is 14.1. The Morgan fingerprint density at radius 3 is 3.00 bits per heavy atom. The molecule has 1 aliphatic rings. The smallest absolute Gasteiger partial charge is 0.338 e. The van der Waals surface area contributed by atoms with Crippen LogP contribution in [0.25, 0.3) is 5.65 Å². The fraction of sp³-hybridized carbons (Fsp3) is 0.562. The molecule has 3 heterocycles. The second-order valence-corrected chi connectivity index (χ2v) is 6.08. The van der Waals surface area contributed by atoms with Crippen LogP contribution in [-0.4, -0.2) is 51.2 Å². The summed E-state index contributed by atoms with van der Waals surface area (Å²) in [6, 6.07) is 4.54. The molecule has 0 aliphatic carbocycles. The topological polar surface area (TPSA) is 59.7 Å². The lowest BCUT2D eigenvalue weighted by Gasteiger charge is -2.27. The van der Waals surface area contributed by atoms with Crippen molar-refractivity contribution >= 4 is 11.6 Å². The van der Waals surface area contributed by atoms with Gasteiger partial charge in [-0.3, -0.25) is 9.30 Å². The number of hydrogen-bond donors (Lipinski definition) is 0. The SMILES string of the molecule is COC(=O)c1ccn2c(CC3CCCN3C(C)C)nnc2c1. The van der Waals surface area contributed by atoms with Crippen LogP contribution >= 0.6 is 0 Å². The van der Waals surface area contributed by atoms with Gasteiger partial charge in [0.25, 0.3) is 0 Å². The van der Waals surface area contributed by atoms with Crippen LogP contribution in [0, 0.1) is 0 Å². The lowest BCUT2D eigenvalue weighted by molar-refractivity contribution is 0.0600. The number of aromatic nitrogens is 3. The standard InChI is InChI=1S/C16H22N4O2/c1-11(2)19-7-4-5-13(19)10-15-18-17-14-9-12(16(21)22-3)6-8-20(14)15/h6,8-9,11,13H,4-5,7,10H2,1-3H3. The van der Waals surface area contributed by atoms with E-state index in [4.69, 9.17) is 4.74 Å². The summed E-state index contributed by atoms with van der Waals surface area (Å²) in [6.45, 7) is 5.64. The highest BCUT2D eigenvalue weighted by Gasteiger charge is 2.28. The fourth-order valence-electron chi connectivity index (χ4n) is 3.29. The molecule has 0 N–H and O–H groups in total. The van der Waals surface area contributed by atoms with Crippen molar-refractivity contribution in [3.05, 3.63) is 29.7 Å². The number of methoxy groups -OCH3 is 1. The largest absolute Gasteiger partial charge is 0.465 e. The summed E-state index contributed by atoms with van der Waals surface area (Å²) >= 11 is 0. The van der Waals surface area contributed by atoms with E-state index in [1.54, 1.807) is 12.1 Å². The van der Waals surface area contributed by atoms with Crippen LogP contribution in [0.2, 0.25) is 0 Å². The van der Waals surface area contributed by atoms with Crippen molar-refractivity contribution in [2.24, 2.45) is 0 Å². The summed E-state index contributed by atoms with van der Waals surface area (Å²) in [5.41, 5.74) is 1.19. The minimum Gasteiger partial charge on any atom is -0.465 e. The number of esters is 1. The van der Waals surface area contributed by atoms with E-state index in [-0.39, 0.29) is 5.97 Å². The molecule has 1 fully saturated rings. The molecule has 1 aliphatic heterocycles. The lowest BCUT2D eigenvalue weighted by atomic mass is 10.1. The van der Waals surface area contributed by atoms with E-state index in [0.717, 1.165) is 18.8 Å². The number of fused-ring (bicyclic) bond motifs is 1. The van der Waals surface area contributed by atoms with Crippen LogP contribution in [0.4, 0.5) is 0 Å². The highest BCUT2D eigenvalue weighted by atomic mass is 16.5. The summed E-state index contributed by atoms with van der Waals surface area (Å²) in [5, 5.41) is 8.51. The Hall–Kier alpha value is -1.95. The van der Waals surface area contributed by atoms with Crippen LogP contribution in [0.1, 0.15) is 42.9 Å². The molecule has 6 heteroatoms. The molecule has 0 spiro atoms. The van der Waals surface area contributed by atoms with Crippen LogP contribution in [0.5, 0.6) is 0 Å². The van der Waals surface area contributed by atoms with Gasteiger partial charge in [-0.1, -0.05) is 0 Å². The predicted octanol–water partition coefficient (Wildman–Crippen LogP) is 1.93. The molecule has 0 bridgehead atoms. The first kappa shape index (κ1) is 15.0. The number of nitrogens with zero attached hydrogens (tertiary/aromatic N) is 4. The minimum atomic E-state index is -0.353. The third-order valence-electron chi connectivity index (χ3n) is 4.41. The maximum absolute atomic E-state index is 11.6. The molecule has 6 nitrogen and oxygen atoms in total. The van der Waals surface area contributed by atoms with Crippen molar-refractivity contribution in [2.45, 2.75) is 45.2 Å². The zero-order chi connectivity index (χ0) is 15.7. The lowest BCUT2D eigenvalue weighted by Crippen LogP contribution is -2.37. The number of hydrogen-bond acceptors (Lipinski definition) is 5. The molecule has 118 valence electrons. The van der Waals surface area contributed by atoms with E-state index in [0.29, 0.717) is 23.3 Å². The maximum atomic E-state index is 11.6. The third kappa shape index (κ3) is 2.70. The van der Waals surface area contributed by atoms with E-state index in [1.807, 2.05) is 10.6 Å². The van der Waals surface area contributed by atoms with E-state index in [1.165, 1.54) is 20.0 Å². The van der Waals surface area contributed by atoms with Gasteiger partial charge in [0, 0.05) is 24.7 Å². The van der Waals surface area contributed by atoms with E-state index in [9.17, 15) is 4.79 Å². The Morgan fingerprint density at radius 1 is 1.45 bits per heavy atom. The Bertz CT molecular complexity index is 680. The quantitative estimate of drug-likeness (QED) is 0.808. The molecule has 2 aromatic rings. The van der Waals surface area contributed by atoms with Crippen LogP contribution in [-0.2, 0) is 11.2 Å². The summed E-state index contributed by atoms with van der Waals surface area (Å²) in [7, 11) is 1.38. The van der Waals surface area contributed by atoms with Crippen molar-refractivity contribution < 1.29 is 9.53 Å². The number of pyridine rings is 1. The molecule has 1 saturated heterocycles. The average molecular weight is 302 g/mol. The predicted molar refractivity (Wildman–Crippen MR) is 82.9 cm³/mol. The van der Waals surface area contributed by atoms with Gasteiger partial charge < -0.3 is 4.74 Å². The fourth-order valence-corrected chi connectivity index (χ4v) is 3.29. The number of likely N-dealkylation sites (tertiary alicyclic amines) is 1. The number of ether oxygens (including phenoxy) is 1. The Labute approximate surface area is 130 Å². The molecule has 1 atom stereocenters. The number of rotatable bonds is 4. The van der Waals surface area contributed by atoms with Crippen molar-refractivity contribution in [1.29, 1.82) is 0 Å². The van der Waals surface area contributed by atoms with Crippen molar-refractivity contribution in [3.8, 4) is 0 Å². The Morgan fingerprint density at radius 2 is 2.27 bits per heavy atom. The van der Waals surface area contributed by atoms with Gasteiger partial charge in [0.2, 0.25) is 0 Å². The summed E-state index contributed by atoms with van der Waals surface area (Å²) in [6.07, 6.45) is 5.18. The van der Waals surface area contributed by atoms with Crippen molar-refractivity contribution in [1.82, 2.24) is 19.5 Å². The number of carbonyl (C=O) groups excluding carboxylic acids is 1. The Balaban J connectivity index is 1.84. The second kappa shape index (κ2) is 6.04. The van der Waals surface area contributed by atoms with E-state index in [2.05, 4.69) is 28.9 Å². The summed E-state index contributed by atoms with van der Waals surface area (Å²) < 4.78 is 6.70. The second-order valence-electron chi connectivity index (χ2n) is 6.08. The van der Waals surface area contributed by atoms with Gasteiger partial charge in [0.1, 0.15) is 5.82 Å². The molecule has 0 aromatic carbocycles. The molecule has 2 aromatic heterocycles. The highest BCUT2D eigenvalue weighted by Crippen LogP contribution is 2.23. The first-order valence-corrected chi connectivity index (χ1v) is 7.78. The maximum Gasteiger partial charge on any atom is 0.338 e. The number of carbonyl (C=O) groups is 1. The molecule has 3 rings (SSSR count). The highest BCUT2D eigenvalue weighted by molar-refractivity contribution is 5.90. The zero-order valence-corrected chi connectivity index (χ0v) is 13.3. The first-order valence-electron chi connectivity index (χ1n) is 7.78. The van der Waals surface area contributed by atoms with Gasteiger partial charge >= 0.3 is 5.97 Å². The molecule has 22 heavy (non-hydrogen) atoms. The molecular weight excluding hydrogens is 280 g/mol. The monoisotopic (exact) mass is 302 g/mol. The van der Waals surface area contributed by atoms with Gasteiger partial charge in [0.15, 0.2) is 5.65 Å². The normalized spacial score (nSPS) is 19.2.